The third-order valence-corrected chi connectivity index (χ3v) is 3.81. The molecule has 0 aromatic heterocycles. The first-order chi connectivity index (χ1) is 7.74. The number of carbonyl (C=O) groups excluding carboxylic acids is 1. The van der Waals surface area contributed by atoms with E-state index in [0.717, 1.165) is 5.69 Å². The summed E-state index contributed by atoms with van der Waals surface area (Å²) in [6, 6.07) is 4.36. The number of rotatable bonds is 0. The van der Waals surface area contributed by atoms with E-state index in [1.807, 2.05) is 27.7 Å². The summed E-state index contributed by atoms with van der Waals surface area (Å²) in [5.41, 5.74) is 0.229. The van der Waals surface area contributed by atoms with Crippen LogP contribution in [0.25, 0.3) is 0 Å². The maximum atomic E-state index is 13.2. The van der Waals surface area contributed by atoms with E-state index in [1.54, 1.807) is 6.07 Å². The first kappa shape index (κ1) is 11.9. The first-order valence-electron chi connectivity index (χ1n) is 5.63. The van der Waals surface area contributed by atoms with Crippen LogP contribution in [0, 0.1) is 11.2 Å². The van der Waals surface area contributed by atoms with Gasteiger partial charge in [0.2, 0.25) is 5.91 Å². The van der Waals surface area contributed by atoms with Crippen LogP contribution in [0.15, 0.2) is 18.2 Å². The number of fused-ring (bicyclic) bond motifs is 1. The predicted octanol–water partition coefficient (Wildman–Crippen LogP) is 2.99. The molecule has 2 N–H and O–H groups in total. The zero-order valence-electron chi connectivity index (χ0n) is 10.5. The van der Waals surface area contributed by atoms with E-state index < -0.39 is 11.0 Å². The molecule has 1 aliphatic rings. The van der Waals surface area contributed by atoms with Crippen LogP contribution >= 0.6 is 0 Å². The molecule has 4 heteroatoms. The molecule has 1 aromatic rings. The molecule has 1 aromatic carbocycles. The van der Waals surface area contributed by atoms with E-state index in [4.69, 9.17) is 0 Å². The van der Waals surface area contributed by atoms with Crippen molar-refractivity contribution in [3.8, 4) is 0 Å². The van der Waals surface area contributed by atoms with Crippen LogP contribution in [-0.4, -0.2) is 11.4 Å². The van der Waals surface area contributed by atoms with Gasteiger partial charge in [0.25, 0.3) is 0 Å². The molecule has 2 rings (SSSR count). The fraction of sp³-hybridized carbons (Fsp3) is 0.462. The van der Waals surface area contributed by atoms with Gasteiger partial charge in [0.1, 0.15) is 5.82 Å². The number of nitrogens with one attached hydrogen (secondary N) is 2. The molecule has 0 bridgehead atoms. The fourth-order valence-electron chi connectivity index (χ4n) is 1.78. The van der Waals surface area contributed by atoms with Crippen LogP contribution in [0.1, 0.15) is 27.7 Å². The summed E-state index contributed by atoms with van der Waals surface area (Å²) in [4.78, 5) is 12.2. The SMILES string of the molecule is CC1(C)Nc2ccc(F)cc2NC(=O)C1(C)C. The second-order valence-electron chi connectivity index (χ2n) is 5.52. The van der Waals surface area contributed by atoms with Gasteiger partial charge in [-0.1, -0.05) is 0 Å². The highest BCUT2D eigenvalue weighted by molar-refractivity contribution is 6.00. The van der Waals surface area contributed by atoms with Gasteiger partial charge < -0.3 is 10.6 Å². The molecule has 0 unspecified atom stereocenters. The summed E-state index contributed by atoms with van der Waals surface area (Å²) in [5, 5.41) is 6.06. The second kappa shape index (κ2) is 3.45. The van der Waals surface area contributed by atoms with Crippen LogP contribution in [-0.2, 0) is 4.79 Å². The van der Waals surface area contributed by atoms with E-state index in [-0.39, 0.29) is 11.7 Å². The lowest BCUT2D eigenvalue weighted by molar-refractivity contribution is -0.126. The number of hydrogen-bond donors (Lipinski definition) is 2. The minimum Gasteiger partial charge on any atom is -0.377 e. The van der Waals surface area contributed by atoms with Crippen molar-refractivity contribution in [2.75, 3.05) is 10.6 Å². The Kier molecular flexibility index (Phi) is 2.42. The number of halogens is 1. The maximum Gasteiger partial charge on any atom is 0.232 e. The van der Waals surface area contributed by atoms with Gasteiger partial charge in [-0.3, -0.25) is 4.79 Å². The zero-order chi connectivity index (χ0) is 12.8. The molecule has 0 saturated heterocycles. The van der Waals surface area contributed by atoms with E-state index in [1.165, 1.54) is 12.1 Å². The quantitative estimate of drug-likeness (QED) is 0.727. The van der Waals surface area contributed by atoms with Gasteiger partial charge in [-0.25, -0.2) is 4.39 Å². The van der Waals surface area contributed by atoms with E-state index in [0.29, 0.717) is 5.69 Å². The highest BCUT2D eigenvalue weighted by Gasteiger charge is 2.45. The Labute approximate surface area is 100 Å². The number of amides is 1. The van der Waals surface area contributed by atoms with Crippen LogP contribution in [0.4, 0.5) is 15.8 Å². The lowest BCUT2D eigenvalue weighted by atomic mass is 9.74. The van der Waals surface area contributed by atoms with Crippen molar-refractivity contribution in [2.24, 2.45) is 5.41 Å². The Morgan fingerprint density at radius 2 is 1.76 bits per heavy atom. The fourth-order valence-corrected chi connectivity index (χ4v) is 1.78. The zero-order valence-corrected chi connectivity index (χ0v) is 10.5. The molecule has 1 aliphatic heterocycles. The summed E-state index contributed by atoms with van der Waals surface area (Å²) in [5.74, 6) is -0.470. The average molecular weight is 236 g/mol. The molecule has 3 nitrogen and oxygen atoms in total. The summed E-state index contributed by atoms with van der Waals surface area (Å²) in [7, 11) is 0. The lowest BCUT2D eigenvalue weighted by Gasteiger charge is -2.39. The summed E-state index contributed by atoms with van der Waals surface area (Å²) in [6.07, 6.45) is 0. The van der Waals surface area contributed by atoms with Gasteiger partial charge in [0, 0.05) is 5.54 Å². The first-order valence-corrected chi connectivity index (χ1v) is 5.63. The smallest absolute Gasteiger partial charge is 0.232 e. The Balaban J connectivity index is 2.55. The van der Waals surface area contributed by atoms with Crippen molar-refractivity contribution in [3.05, 3.63) is 24.0 Å². The normalized spacial score (nSPS) is 20.9. The van der Waals surface area contributed by atoms with Crippen LogP contribution in [0.2, 0.25) is 0 Å². The lowest BCUT2D eigenvalue weighted by Crippen LogP contribution is -2.50. The minimum absolute atomic E-state index is 0.112. The molecule has 0 fully saturated rings. The van der Waals surface area contributed by atoms with Gasteiger partial charge in [0.05, 0.1) is 16.8 Å². The number of anilines is 2. The molecule has 0 radical (unpaired) electrons. The maximum absolute atomic E-state index is 13.2. The predicted molar refractivity (Wildman–Crippen MR) is 66.5 cm³/mol. The molecule has 92 valence electrons. The topological polar surface area (TPSA) is 41.1 Å². The molecular formula is C13H17FN2O. The Morgan fingerprint density at radius 1 is 1.12 bits per heavy atom. The highest BCUT2D eigenvalue weighted by atomic mass is 19.1. The Bertz CT molecular complexity index is 480. The molecule has 0 atom stereocenters. The second-order valence-corrected chi connectivity index (χ2v) is 5.52. The summed E-state index contributed by atoms with van der Waals surface area (Å²) >= 11 is 0. The van der Waals surface area contributed by atoms with Gasteiger partial charge >= 0.3 is 0 Å². The summed E-state index contributed by atoms with van der Waals surface area (Å²) in [6.45, 7) is 7.67. The number of benzene rings is 1. The van der Waals surface area contributed by atoms with Crippen LogP contribution < -0.4 is 10.6 Å². The largest absolute Gasteiger partial charge is 0.377 e. The van der Waals surface area contributed by atoms with E-state index >= 15 is 0 Å². The standard InChI is InChI=1S/C13H17FN2O/c1-12(2)11(17)15-10-7-8(14)5-6-9(10)16-13(12,3)4/h5-7,16H,1-4H3,(H,15,17). The van der Waals surface area contributed by atoms with Crippen LogP contribution in [0.5, 0.6) is 0 Å². The van der Waals surface area contributed by atoms with Crippen molar-refractivity contribution >= 4 is 17.3 Å². The van der Waals surface area contributed by atoms with Gasteiger partial charge in [-0.2, -0.15) is 0 Å². The van der Waals surface area contributed by atoms with Gasteiger partial charge in [0.15, 0.2) is 0 Å². The molecule has 1 heterocycles. The van der Waals surface area contributed by atoms with E-state index in [9.17, 15) is 9.18 Å². The number of hydrogen-bond acceptors (Lipinski definition) is 2. The van der Waals surface area contributed by atoms with Crippen molar-refractivity contribution in [1.29, 1.82) is 0 Å². The molecule has 17 heavy (non-hydrogen) atoms. The molecular weight excluding hydrogens is 219 g/mol. The molecule has 0 saturated carbocycles. The van der Waals surface area contributed by atoms with Crippen molar-refractivity contribution < 1.29 is 9.18 Å². The van der Waals surface area contributed by atoms with Crippen molar-refractivity contribution in [3.63, 3.8) is 0 Å². The average Bonchev–Trinajstić information content (AvgIpc) is 2.26. The Morgan fingerprint density at radius 3 is 2.41 bits per heavy atom. The third-order valence-electron chi connectivity index (χ3n) is 3.81. The van der Waals surface area contributed by atoms with Gasteiger partial charge in [-0.05, 0) is 45.9 Å². The Hall–Kier alpha value is -1.58. The molecule has 1 amide bonds. The summed E-state index contributed by atoms with van der Waals surface area (Å²) < 4.78 is 13.2. The van der Waals surface area contributed by atoms with E-state index in [2.05, 4.69) is 10.6 Å². The third kappa shape index (κ3) is 1.77. The molecule has 0 spiro atoms. The molecule has 0 aliphatic carbocycles. The van der Waals surface area contributed by atoms with Gasteiger partial charge in [-0.15, -0.1) is 0 Å². The number of carbonyl (C=O) groups is 1. The minimum atomic E-state index is -0.595. The highest BCUT2D eigenvalue weighted by Crippen LogP contribution is 2.40. The monoisotopic (exact) mass is 236 g/mol. The van der Waals surface area contributed by atoms with Crippen LogP contribution in [0.3, 0.4) is 0 Å². The van der Waals surface area contributed by atoms with Crippen molar-refractivity contribution in [1.82, 2.24) is 0 Å². The van der Waals surface area contributed by atoms with Crippen molar-refractivity contribution in [2.45, 2.75) is 33.2 Å².